The van der Waals surface area contributed by atoms with Crippen molar-refractivity contribution in [1.29, 1.82) is 0 Å². The average molecular weight is 356 g/mol. The van der Waals surface area contributed by atoms with Gasteiger partial charge < -0.3 is 14.9 Å². The monoisotopic (exact) mass is 356 g/mol. The second kappa shape index (κ2) is 6.81. The lowest BCUT2D eigenvalue weighted by molar-refractivity contribution is 0.0948. The molecule has 1 unspecified atom stereocenters. The maximum absolute atomic E-state index is 11.9. The molecule has 9 heteroatoms. The van der Waals surface area contributed by atoms with Gasteiger partial charge in [0.05, 0.1) is 34.8 Å². The van der Waals surface area contributed by atoms with Crippen molar-refractivity contribution in [2.75, 3.05) is 18.1 Å². The lowest BCUT2D eigenvalue weighted by Crippen LogP contribution is -2.53. The molecule has 2 aliphatic rings. The van der Waals surface area contributed by atoms with E-state index in [0.29, 0.717) is 12.4 Å². The molecule has 1 aromatic carbocycles. The van der Waals surface area contributed by atoms with Gasteiger partial charge in [-0.05, 0) is 10.1 Å². The number of carbonyl (C=O) groups excluding carboxylic acids is 1. The van der Waals surface area contributed by atoms with Crippen LogP contribution in [0.15, 0.2) is 46.0 Å². The molecule has 124 valence electrons. The minimum absolute atomic E-state index is 0.00639. The van der Waals surface area contributed by atoms with Gasteiger partial charge in [-0.1, -0.05) is 30.3 Å². The highest BCUT2D eigenvalue weighted by Crippen LogP contribution is 2.16. The maximum atomic E-state index is 11.9. The number of benzene rings is 1. The Bertz CT molecular complexity index is 747. The highest BCUT2D eigenvalue weighted by atomic mass is 32.2. The van der Waals surface area contributed by atoms with E-state index < -0.39 is 20.5 Å². The number of rotatable bonds is 5. The molecule has 0 aliphatic carbocycles. The zero-order valence-corrected chi connectivity index (χ0v) is 13.8. The van der Waals surface area contributed by atoms with Crippen LogP contribution >= 0.6 is 0 Å². The number of amides is 1. The fourth-order valence-corrected chi connectivity index (χ4v) is 4.46. The Kier molecular flexibility index (Phi) is 4.79. The Hall–Kier alpha value is -1.71. The molecule has 2 aliphatic heterocycles. The van der Waals surface area contributed by atoms with Gasteiger partial charge in [-0.3, -0.25) is 4.79 Å². The van der Waals surface area contributed by atoms with E-state index in [-0.39, 0.29) is 29.4 Å². The molecule has 2 heterocycles. The number of ether oxygens (including phenoxy) is 1. The Balaban J connectivity index is 1.43. The summed E-state index contributed by atoms with van der Waals surface area (Å²) in [5, 5.41) is 3.93. The third kappa shape index (κ3) is 4.40. The van der Waals surface area contributed by atoms with Gasteiger partial charge in [-0.15, -0.1) is 0 Å². The van der Waals surface area contributed by atoms with Gasteiger partial charge in [0.1, 0.15) is 6.61 Å². The van der Waals surface area contributed by atoms with Gasteiger partial charge in [0.15, 0.2) is 15.6 Å². The fraction of sp³-hybridized carbons (Fsp3) is 0.357. The Morgan fingerprint density at radius 3 is 2.74 bits per heavy atom. The van der Waals surface area contributed by atoms with E-state index in [1.807, 2.05) is 30.3 Å². The molecule has 1 amide bonds. The van der Waals surface area contributed by atoms with Gasteiger partial charge >= 0.3 is 0 Å². The molecule has 0 aromatic heterocycles. The summed E-state index contributed by atoms with van der Waals surface area (Å²) < 4.78 is 31.4. The van der Waals surface area contributed by atoms with Gasteiger partial charge in [-0.2, -0.15) is 0 Å². The van der Waals surface area contributed by atoms with E-state index in [4.69, 9.17) is 9.57 Å². The highest BCUT2D eigenvalue weighted by Gasteiger charge is 2.35. The Morgan fingerprint density at radius 1 is 1.30 bits per heavy atom. The summed E-state index contributed by atoms with van der Waals surface area (Å²) in [6, 6.07) is 9.39. The van der Waals surface area contributed by atoms with E-state index in [0.717, 1.165) is 5.56 Å². The van der Waals surface area contributed by atoms with Crippen LogP contribution in [-0.2, 0) is 36.7 Å². The van der Waals surface area contributed by atoms with Gasteiger partial charge in [0, 0.05) is 5.41 Å². The molecule has 23 heavy (non-hydrogen) atoms. The first kappa shape index (κ1) is 16.2. The molecule has 0 radical (unpaired) electrons. The topological polar surface area (TPSA) is 94.1 Å². The minimum Gasteiger partial charge on any atom is -0.369 e. The second-order valence-electron chi connectivity index (χ2n) is 5.25. The fourth-order valence-electron chi connectivity index (χ4n) is 2.12. The largest absolute Gasteiger partial charge is 0.369 e. The molecule has 3 rings (SSSR count). The Labute approximate surface area is 136 Å². The van der Waals surface area contributed by atoms with Crippen LogP contribution in [0.3, 0.4) is 0 Å². The zero-order valence-electron chi connectivity index (χ0n) is 12.2. The van der Waals surface area contributed by atoms with Gasteiger partial charge in [0.25, 0.3) is 5.24 Å². The summed E-state index contributed by atoms with van der Waals surface area (Å²) in [4.78, 5) is 17.0. The molecule has 7 nitrogen and oxygen atoms in total. The average Bonchev–Trinajstić information content (AvgIpc) is 2.95. The molecule has 1 fully saturated rings. The number of hydrogen-bond donors (Lipinski definition) is 1. The number of hydrogen-bond acceptors (Lipinski definition) is 6. The van der Waals surface area contributed by atoms with Crippen molar-refractivity contribution in [3.8, 4) is 0 Å². The quantitative estimate of drug-likeness (QED) is 0.858. The molecule has 1 aromatic rings. The molecule has 0 spiro atoms. The van der Waals surface area contributed by atoms with Gasteiger partial charge in [-0.25, -0.2) is 8.42 Å². The predicted molar refractivity (Wildman–Crippen MR) is 86.0 cm³/mol. The maximum Gasteiger partial charge on any atom is 0.297 e. The summed E-state index contributed by atoms with van der Waals surface area (Å²) in [6.45, 7) is 0.675. The third-order valence-corrected chi connectivity index (χ3v) is 6.30. The molecule has 1 saturated heterocycles. The van der Waals surface area contributed by atoms with E-state index in [9.17, 15) is 13.2 Å². The van der Waals surface area contributed by atoms with Crippen LogP contribution in [0.2, 0.25) is 0 Å². The van der Waals surface area contributed by atoms with Crippen molar-refractivity contribution < 1.29 is 22.8 Å². The molecular formula is C14H16N2O5S2. The lowest BCUT2D eigenvalue weighted by Gasteiger charge is -2.26. The van der Waals surface area contributed by atoms with Crippen molar-refractivity contribution >= 4 is 25.8 Å². The first-order valence-electron chi connectivity index (χ1n) is 6.96. The molecular weight excluding hydrogens is 340 g/mol. The van der Waals surface area contributed by atoms with Crippen LogP contribution in [0.1, 0.15) is 5.56 Å². The molecule has 1 atom stereocenters. The predicted octanol–water partition coefficient (Wildman–Crippen LogP) is 1.30. The highest BCUT2D eigenvalue weighted by molar-refractivity contribution is 8.04. The number of nitrogens with one attached hydrogen (secondary N) is 1. The van der Waals surface area contributed by atoms with Crippen LogP contribution in [0.4, 0.5) is 4.79 Å². The van der Waals surface area contributed by atoms with Crippen LogP contribution in [-0.4, -0.2) is 37.8 Å². The van der Waals surface area contributed by atoms with E-state index in [1.165, 1.54) is 0 Å². The third-order valence-electron chi connectivity index (χ3n) is 3.26. The van der Waals surface area contributed by atoms with E-state index in [1.54, 1.807) is 5.41 Å². The first-order chi connectivity index (χ1) is 11.0. The zero-order chi connectivity index (χ0) is 16.3. The number of sulfone groups is 1. The lowest BCUT2D eigenvalue weighted by atomic mass is 10.2. The summed E-state index contributed by atoms with van der Waals surface area (Å²) in [7, 11) is -4.01. The molecule has 1 N–H and O–H groups in total. The first-order valence-corrected chi connectivity index (χ1v) is 10.0. The van der Waals surface area contributed by atoms with E-state index >= 15 is 0 Å². The summed E-state index contributed by atoms with van der Waals surface area (Å²) in [5.74, 6) is 0.474. The van der Waals surface area contributed by atoms with Crippen molar-refractivity contribution in [2.24, 2.45) is 4.53 Å². The SMILES string of the molecule is O=C(NC1CS(=O)(=O)C1)S1=NOC(COCc2ccccc2)=C1. The van der Waals surface area contributed by atoms with Crippen molar-refractivity contribution in [3.05, 3.63) is 47.1 Å². The van der Waals surface area contributed by atoms with Crippen molar-refractivity contribution in [1.82, 2.24) is 5.32 Å². The number of carbonyl (C=O) groups is 1. The molecule has 0 saturated carbocycles. The summed E-state index contributed by atoms with van der Waals surface area (Å²) >= 11 is 0. The number of nitrogens with zero attached hydrogens (tertiary/aromatic N) is 1. The summed E-state index contributed by atoms with van der Waals surface area (Å²) in [5.41, 5.74) is 1.05. The minimum atomic E-state index is -2.96. The van der Waals surface area contributed by atoms with Gasteiger partial charge in [0.2, 0.25) is 0 Å². The second-order valence-corrected chi connectivity index (χ2v) is 8.79. The normalized spacial score (nSPS) is 22.4. The van der Waals surface area contributed by atoms with Crippen molar-refractivity contribution in [3.63, 3.8) is 0 Å². The van der Waals surface area contributed by atoms with Crippen LogP contribution < -0.4 is 5.32 Å². The summed E-state index contributed by atoms with van der Waals surface area (Å²) in [6.07, 6.45) is 0. The van der Waals surface area contributed by atoms with Crippen LogP contribution in [0, 0.1) is 0 Å². The Morgan fingerprint density at radius 2 is 2.04 bits per heavy atom. The standard InChI is InChI=1S/C14H16N2O5S2/c17-14(15-12-9-23(18,19)10-12)22-8-13(21-16-22)7-20-6-11-4-2-1-3-5-11/h1-5,8,12H,6-7,9-10H2,(H,15,17). The van der Waals surface area contributed by atoms with Crippen molar-refractivity contribution in [2.45, 2.75) is 12.6 Å². The van der Waals surface area contributed by atoms with E-state index in [2.05, 4.69) is 9.84 Å². The van der Waals surface area contributed by atoms with Crippen LogP contribution in [0.25, 0.3) is 0 Å². The van der Waals surface area contributed by atoms with Crippen LogP contribution in [0.5, 0.6) is 0 Å². The smallest absolute Gasteiger partial charge is 0.297 e. The molecule has 0 bridgehead atoms.